The molecule has 3 rings (SSSR count). The summed E-state index contributed by atoms with van der Waals surface area (Å²) in [6, 6.07) is 18.0. The molecule has 0 bridgehead atoms. The van der Waals surface area contributed by atoms with Gasteiger partial charge in [-0.1, -0.05) is 54.1 Å². The van der Waals surface area contributed by atoms with Crippen molar-refractivity contribution in [1.82, 2.24) is 9.80 Å². The molecule has 1 N–H and O–H groups in total. The molecule has 4 nitrogen and oxygen atoms in total. The lowest BCUT2D eigenvalue weighted by molar-refractivity contribution is 0.104. The Balaban J connectivity index is 1.87. The van der Waals surface area contributed by atoms with Crippen molar-refractivity contribution in [1.29, 1.82) is 0 Å². The van der Waals surface area contributed by atoms with Crippen molar-refractivity contribution < 1.29 is 9.90 Å². The second-order valence-corrected chi connectivity index (χ2v) is 7.63. The third-order valence-corrected chi connectivity index (χ3v) is 5.30. The third-order valence-electron chi connectivity index (χ3n) is 5.05. The minimum Gasteiger partial charge on any atom is -0.465 e. The fraction of sp³-hybridized carbons (Fsp3) is 0.381. The summed E-state index contributed by atoms with van der Waals surface area (Å²) >= 11 is 6.04. The fourth-order valence-corrected chi connectivity index (χ4v) is 4.03. The summed E-state index contributed by atoms with van der Waals surface area (Å²) in [6.45, 7) is 6.26. The van der Waals surface area contributed by atoms with Crippen LogP contribution < -0.4 is 0 Å². The van der Waals surface area contributed by atoms with Crippen LogP contribution in [-0.4, -0.2) is 46.2 Å². The Morgan fingerprint density at radius 3 is 2.38 bits per heavy atom. The van der Waals surface area contributed by atoms with E-state index in [2.05, 4.69) is 17.0 Å². The topological polar surface area (TPSA) is 43.8 Å². The van der Waals surface area contributed by atoms with Crippen LogP contribution in [0.4, 0.5) is 4.79 Å². The molecule has 2 aromatic carbocycles. The second-order valence-electron chi connectivity index (χ2n) is 7.19. The first kappa shape index (κ1) is 18.7. The number of nitrogens with zero attached hydrogens (tertiary/aromatic N) is 2. The zero-order valence-corrected chi connectivity index (χ0v) is 15.9. The van der Waals surface area contributed by atoms with E-state index >= 15 is 0 Å². The summed E-state index contributed by atoms with van der Waals surface area (Å²) in [6.07, 6.45) is -0.856. The second kappa shape index (κ2) is 8.11. The quantitative estimate of drug-likeness (QED) is 0.827. The van der Waals surface area contributed by atoms with Crippen LogP contribution in [-0.2, 0) is 6.54 Å². The van der Waals surface area contributed by atoms with E-state index in [1.54, 1.807) is 4.90 Å². The van der Waals surface area contributed by atoms with Gasteiger partial charge in [0, 0.05) is 36.6 Å². The maximum absolute atomic E-state index is 11.9. The Morgan fingerprint density at radius 2 is 1.81 bits per heavy atom. The lowest BCUT2D eigenvalue weighted by Gasteiger charge is -2.33. The number of likely N-dealkylation sites (tertiary alicyclic amines) is 1. The van der Waals surface area contributed by atoms with Crippen molar-refractivity contribution in [3.8, 4) is 0 Å². The molecule has 1 saturated heterocycles. The molecule has 1 aliphatic heterocycles. The SMILES string of the molecule is CC(C)N(C(=O)O)[C@@H]1CN(Cc2ccccc2)C[C@H]1c1ccc(Cl)cc1. The van der Waals surface area contributed by atoms with Gasteiger partial charge in [0.15, 0.2) is 0 Å². The van der Waals surface area contributed by atoms with E-state index in [0.717, 1.165) is 25.2 Å². The predicted octanol–water partition coefficient (Wildman–Crippen LogP) is 4.70. The molecule has 1 amide bonds. The number of carbonyl (C=O) groups is 1. The Morgan fingerprint density at radius 1 is 1.15 bits per heavy atom. The van der Waals surface area contributed by atoms with Gasteiger partial charge in [0.25, 0.3) is 0 Å². The van der Waals surface area contributed by atoms with Crippen LogP contribution in [0, 0.1) is 0 Å². The average Bonchev–Trinajstić information content (AvgIpc) is 2.99. The predicted molar refractivity (Wildman–Crippen MR) is 105 cm³/mol. The highest BCUT2D eigenvalue weighted by molar-refractivity contribution is 6.30. The van der Waals surface area contributed by atoms with Crippen LogP contribution in [0.25, 0.3) is 0 Å². The smallest absolute Gasteiger partial charge is 0.407 e. The highest BCUT2D eigenvalue weighted by Gasteiger charge is 2.40. The van der Waals surface area contributed by atoms with Crippen molar-refractivity contribution in [3.05, 3.63) is 70.7 Å². The van der Waals surface area contributed by atoms with Gasteiger partial charge in [-0.2, -0.15) is 0 Å². The monoisotopic (exact) mass is 372 g/mol. The van der Waals surface area contributed by atoms with Gasteiger partial charge in [0.05, 0.1) is 6.04 Å². The van der Waals surface area contributed by atoms with Crippen molar-refractivity contribution in [3.63, 3.8) is 0 Å². The maximum atomic E-state index is 11.9. The summed E-state index contributed by atoms with van der Waals surface area (Å²) in [5.41, 5.74) is 2.39. The lowest BCUT2D eigenvalue weighted by atomic mass is 9.93. The zero-order chi connectivity index (χ0) is 18.7. The number of halogens is 1. The third kappa shape index (κ3) is 4.19. The van der Waals surface area contributed by atoms with Gasteiger partial charge < -0.3 is 10.0 Å². The number of benzene rings is 2. The largest absolute Gasteiger partial charge is 0.465 e. The van der Waals surface area contributed by atoms with E-state index in [1.807, 2.05) is 56.3 Å². The van der Waals surface area contributed by atoms with Gasteiger partial charge in [-0.15, -0.1) is 0 Å². The Hall–Kier alpha value is -2.04. The van der Waals surface area contributed by atoms with Crippen molar-refractivity contribution in [2.45, 2.75) is 38.4 Å². The van der Waals surface area contributed by atoms with E-state index in [0.29, 0.717) is 5.02 Å². The molecule has 0 aliphatic carbocycles. The van der Waals surface area contributed by atoms with E-state index in [1.165, 1.54) is 5.56 Å². The molecule has 2 aromatic rings. The summed E-state index contributed by atoms with van der Waals surface area (Å²) < 4.78 is 0. The lowest BCUT2D eigenvalue weighted by Crippen LogP contribution is -2.47. The highest BCUT2D eigenvalue weighted by atomic mass is 35.5. The van der Waals surface area contributed by atoms with Gasteiger partial charge in [-0.05, 0) is 37.1 Å². The Kier molecular flexibility index (Phi) is 5.84. The van der Waals surface area contributed by atoms with Gasteiger partial charge in [-0.3, -0.25) is 4.90 Å². The summed E-state index contributed by atoms with van der Waals surface area (Å²) in [5.74, 6) is 0.134. The Bertz CT molecular complexity index is 733. The maximum Gasteiger partial charge on any atom is 0.407 e. The number of hydrogen-bond acceptors (Lipinski definition) is 2. The molecule has 5 heteroatoms. The molecule has 1 fully saturated rings. The van der Waals surface area contributed by atoms with Gasteiger partial charge in [0.2, 0.25) is 0 Å². The molecule has 0 radical (unpaired) electrons. The zero-order valence-electron chi connectivity index (χ0n) is 15.2. The van der Waals surface area contributed by atoms with E-state index in [9.17, 15) is 9.90 Å². The molecule has 0 aromatic heterocycles. The molecule has 0 unspecified atom stereocenters. The number of carboxylic acid groups (broad SMARTS) is 1. The molecular formula is C21H25ClN2O2. The summed E-state index contributed by atoms with van der Waals surface area (Å²) in [5, 5.41) is 10.5. The minimum absolute atomic E-state index is 0.0658. The number of amides is 1. The van der Waals surface area contributed by atoms with Crippen molar-refractivity contribution >= 4 is 17.7 Å². The van der Waals surface area contributed by atoms with E-state index < -0.39 is 6.09 Å². The summed E-state index contributed by atoms with van der Waals surface area (Å²) in [4.78, 5) is 15.9. The van der Waals surface area contributed by atoms with E-state index in [4.69, 9.17) is 11.6 Å². The van der Waals surface area contributed by atoms with Crippen molar-refractivity contribution in [2.24, 2.45) is 0 Å². The fourth-order valence-electron chi connectivity index (χ4n) is 3.90. The van der Waals surface area contributed by atoms with Crippen LogP contribution >= 0.6 is 11.6 Å². The molecule has 0 spiro atoms. The number of hydrogen-bond donors (Lipinski definition) is 1. The van der Waals surface area contributed by atoms with E-state index in [-0.39, 0.29) is 18.0 Å². The number of rotatable bonds is 5. The molecule has 138 valence electrons. The van der Waals surface area contributed by atoms with Crippen LogP contribution in [0.2, 0.25) is 5.02 Å². The first-order chi connectivity index (χ1) is 12.5. The molecule has 26 heavy (non-hydrogen) atoms. The molecule has 2 atom stereocenters. The first-order valence-corrected chi connectivity index (χ1v) is 9.36. The first-order valence-electron chi connectivity index (χ1n) is 8.98. The molecule has 0 saturated carbocycles. The minimum atomic E-state index is -0.856. The van der Waals surface area contributed by atoms with Crippen LogP contribution in [0.5, 0.6) is 0 Å². The molecular weight excluding hydrogens is 348 g/mol. The van der Waals surface area contributed by atoms with Gasteiger partial charge >= 0.3 is 6.09 Å². The highest BCUT2D eigenvalue weighted by Crippen LogP contribution is 2.33. The Labute approximate surface area is 160 Å². The standard InChI is InChI=1S/C21H25ClN2O2/c1-15(2)24(21(25)26)20-14-23(12-16-6-4-3-5-7-16)13-19(20)17-8-10-18(22)11-9-17/h3-11,15,19-20H,12-14H2,1-2H3,(H,25,26)/t19-,20+/m0/s1. The summed E-state index contributed by atoms with van der Waals surface area (Å²) in [7, 11) is 0. The van der Waals surface area contributed by atoms with Crippen LogP contribution in [0.1, 0.15) is 30.9 Å². The molecule has 1 heterocycles. The van der Waals surface area contributed by atoms with Gasteiger partial charge in [-0.25, -0.2) is 4.79 Å². The van der Waals surface area contributed by atoms with Crippen LogP contribution in [0.3, 0.4) is 0 Å². The van der Waals surface area contributed by atoms with Crippen molar-refractivity contribution in [2.75, 3.05) is 13.1 Å². The normalized spacial score (nSPS) is 20.5. The average molecular weight is 373 g/mol. The van der Waals surface area contributed by atoms with Crippen LogP contribution in [0.15, 0.2) is 54.6 Å². The van der Waals surface area contributed by atoms with Gasteiger partial charge in [0.1, 0.15) is 0 Å². The molecule has 1 aliphatic rings.